The number of amides is 2. The van der Waals surface area contributed by atoms with Crippen LogP contribution in [0.1, 0.15) is 43.4 Å². The van der Waals surface area contributed by atoms with Gasteiger partial charge in [-0.3, -0.25) is 9.59 Å². The number of hydrogen-bond donors (Lipinski definition) is 1. The van der Waals surface area contributed by atoms with E-state index in [9.17, 15) is 9.59 Å². The summed E-state index contributed by atoms with van der Waals surface area (Å²) in [5, 5.41) is 4.03. The molecule has 0 aliphatic rings. The van der Waals surface area contributed by atoms with Crippen LogP contribution in [0, 0.1) is 0 Å². The van der Waals surface area contributed by atoms with Crippen LogP contribution >= 0.6 is 23.2 Å². The number of hydrogen-bond acceptors (Lipinski definition) is 4. The third-order valence-electron chi connectivity index (χ3n) is 6.70. The monoisotopic (exact) mass is 570 g/mol. The molecule has 0 radical (unpaired) electrons. The van der Waals surface area contributed by atoms with E-state index >= 15 is 0 Å². The van der Waals surface area contributed by atoms with Gasteiger partial charge in [0.25, 0.3) is 0 Å². The van der Waals surface area contributed by atoms with Crippen molar-refractivity contribution in [3.05, 3.63) is 93.5 Å². The number of nitrogens with one attached hydrogen (secondary N) is 1. The number of aryl methyl sites for hydroxylation is 1. The molecule has 0 aliphatic carbocycles. The zero-order valence-corrected chi connectivity index (χ0v) is 24.4. The Balaban J connectivity index is 1.94. The molecule has 8 heteroatoms. The first-order chi connectivity index (χ1) is 18.7. The first kappa shape index (κ1) is 30.3. The first-order valence-electron chi connectivity index (χ1n) is 13.0. The summed E-state index contributed by atoms with van der Waals surface area (Å²) in [6, 6.07) is 19.7. The fourth-order valence-corrected chi connectivity index (χ4v) is 4.73. The Morgan fingerprint density at radius 3 is 2.28 bits per heavy atom. The highest BCUT2D eigenvalue weighted by Crippen LogP contribution is 2.29. The molecule has 1 N–H and O–H groups in total. The molecule has 0 heterocycles. The van der Waals surface area contributed by atoms with Crippen LogP contribution in [0.3, 0.4) is 0 Å². The predicted molar refractivity (Wildman–Crippen MR) is 157 cm³/mol. The minimum atomic E-state index is -0.731. The van der Waals surface area contributed by atoms with Crippen LogP contribution in [0.25, 0.3) is 0 Å². The lowest BCUT2D eigenvalue weighted by molar-refractivity contribution is -0.141. The Hall–Kier alpha value is -3.22. The van der Waals surface area contributed by atoms with Gasteiger partial charge in [0.15, 0.2) is 11.5 Å². The van der Waals surface area contributed by atoms with Crippen molar-refractivity contribution in [1.29, 1.82) is 0 Å². The molecule has 0 saturated carbocycles. The molecular weight excluding hydrogens is 535 g/mol. The molecule has 3 aromatic rings. The maximum absolute atomic E-state index is 13.9. The Morgan fingerprint density at radius 2 is 1.64 bits per heavy atom. The lowest BCUT2D eigenvalue weighted by atomic mass is 10.0. The number of carbonyl (C=O) groups is 2. The van der Waals surface area contributed by atoms with Gasteiger partial charge in [-0.25, -0.2) is 0 Å². The summed E-state index contributed by atoms with van der Waals surface area (Å²) in [5.41, 5.74) is 2.60. The van der Waals surface area contributed by atoms with Crippen LogP contribution in [0.15, 0.2) is 66.7 Å². The average Bonchev–Trinajstić information content (AvgIpc) is 2.94. The molecule has 0 bridgehead atoms. The summed E-state index contributed by atoms with van der Waals surface area (Å²) in [4.78, 5) is 29.2. The van der Waals surface area contributed by atoms with E-state index in [0.29, 0.717) is 34.4 Å². The van der Waals surface area contributed by atoms with E-state index in [1.807, 2.05) is 62.4 Å². The normalized spacial score (nSPS) is 12.4. The van der Waals surface area contributed by atoms with Gasteiger partial charge in [0.05, 0.1) is 14.2 Å². The second-order valence-corrected chi connectivity index (χ2v) is 10.3. The molecule has 0 unspecified atom stereocenters. The van der Waals surface area contributed by atoms with E-state index in [-0.39, 0.29) is 30.8 Å². The van der Waals surface area contributed by atoms with Crippen molar-refractivity contribution in [1.82, 2.24) is 10.2 Å². The number of benzene rings is 3. The Morgan fingerprint density at radius 1 is 0.923 bits per heavy atom. The summed E-state index contributed by atoms with van der Waals surface area (Å²) in [6.45, 7) is 4.14. The third kappa shape index (κ3) is 8.64. The number of halogens is 2. The zero-order chi connectivity index (χ0) is 28.4. The van der Waals surface area contributed by atoms with Crippen molar-refractivity contribution in [3.63, 3.8) is 0 Å². The standard InChI is InChI=1S/C31H36Cl2N2O4/c1-5-21(2)34-31(37)27(17-22-9-7-6-8-10-22)35(20-24-13-14-25(32)19-26(24)33)30(36)16-12-23-11-15-28(38-3)29(18-23)39-4/h6-11,13-15,18-19,21,27H,5,12,16-17,20H2,1-4H3,(H,34,37)/t21-,27+/m1/s1. The van der Waals surface area contributed by atoms with Crippen molar-refractivity contribution in [2.24, 2.45) is 0 Å². The molecule has 0 spiro atoms. The van der Waals surface area contributed by atoms with E-state index < -0.39 is 6.04 Å². The molecule has 208 valence electrons. The lowest BCUT2D eigenvalue weighted by Crippen LogP contribution is -2.52. The largest absolute Gasteiger partial charge is 0.493 e. The van der Waals surface area contributed by atoms with E-state index in [4.69, 9.17) is 32.7 Å². The first-order valence-corrected chi connectivity index (χ1v) is 13.8. The summed E-state index contributed by atoms with van der Waals surface area (Å²) >= 11 is 12.6. The van der Waals surface area contributed by atoms with Crippen LogP contribution < -0.4 is 14.8 Å². The van der Waals surface area contributed by atoms with Crippen LogP contribution in [0.2, 0.25) is 10.0 Å². The molecule has 2 amide bonds. The highest BCUT2D eigenvalue weighted by atomic mass is 35.5. The number of rotatable bonds is 13. The number of methoxy groups -OCH3 is 2. The third-order valence-corrected chi connectivity index (χ3v) is 7.29. The van der Waals surface area contributed by atoms with E-state index in [0.717, 1.165) is 23.1 Å². The fraction of sp³-hybridized carbons (Fsp3) is 0.355. The fourth-order valence-electron chi connectivity index (χ4n) is 4.26. The molecule has 2 atom stereocenters. The maximum atomic E-state index is 13.9. The van der Waals surface area contributed by atoms with Gasteiger partial charge in [-0.2, -0.15) is 0 Å². The van der Waals surface area contributed by atoms with Crippen LogP contribution in [-0.4, -0.2) is 43.0 Å². The molecule has 3 aromatic carbocycles. The summed E-state index contributed by atoms with van der Waals surface area (Å²) in [6.07, 6.45) is 1.81. The van der Waals surface area contributed by atoms with Crippen LogP contribution in [-0.2, 0) is 29.0 Å². The van der Waals surface area contributed by atoms with Gasteiger partial charge < -0.3 is 19.7 Å². The van der Waals surface area contributed by atoms with Gasteiger partial charge in [-0.05, 0) is 60.7 Å². The van der Waals surface area contributed by atoms with E-state index in [1.54, 1.807) is 37.3 Å². The zero-order valence-electron chi connectivity index (χ0n) is 22.9. The van der Waals surface area contributed by atoms with Crippen molar-refractivity contribution in [3.8, 4) is 11.5 Å². The average molecular weight is 572 g/mol. The molecule has 6 nitrogen and oxygen atoms in total. The predicted octanol–water partition coefficient (Wildman–Crippen LogP) is 6.50. The Bertz CT molecular complexity index is 1250. The second kappa shape index (κ2) is 14.8. The summed E-state index contributed by atoms with van der Waals surface area (Å²) in [7, 11) is 3.16. The molecular formula is C31H36Cl2N2O4. The molecule has 0 aliphatic heterocycles. The van der Waals surface area contributed by atoms with Crippen molar-refractivity contribution in [2.75, 3.05) is 14.2 Å². The second-order valence-electron chi connectivity index (χ2n) is 9.47. The van der Waals surface area contributed by atoms with Crippen molar-refractivity contribution in [2.45, 2.75) is 58.2 Å². The lowest BCUT2D eigenvalue weighted by Gasteiger charge is -2.32. The van der Waals surface area contributed by atoms with Gasteiger partial charge >= 0.3 is 0 Å². The minimum Gasteiger partial charge on any atom is -0.493 e. The van der Waals surface area contributed by atoms with E-state index in [1.165, 1.54) is 0 Å². The summed E-state index contributed by atoms with van der Waals surface area (Å²) in [5.74, 6) is 0.868. The quantitative estimate of drug-likeness (QED) is 0.255. The maximum Gasteiger partial charge on any atom is 0.243 e. The molecule has 0 aromatic heterocycles. The van der Waals surface area contributed by atoms with Crippen LogP contribution in [0.4, 0.5) is 0 Å². The SMILES string of the molecule is CC[C@@H](C)NC(=O)[C@H](Cc1ccccc1)N(Cc1ccc(Cl)cc1Cl)C(=O)CCc1ccc(OC)c(OC)c1. The van der Waals surface area contributed by atoms with E-state index in [2.05, 4.69) is 5.32 Å². The number of ether oxygens (including phenoxy) is 2. The Labute approximate surface area is 241 Å². The molecule has 39 heavy (non-hydrogen) atoms. The molecule has 0 fully saturated rings. The highest BCUT2D eigenvalue weighted by molar-refractivity contribution is 6.35. The topological polar surface area (TPSA) is 67.9 Å². The van der Waals surface area contributed by atoms with Gasteiger partial charge in [0.1, 0.15) is 6.04 Å². The van der Waals surface area contributed by atoms with Gasteiger partial charge in [-0.15, -0.1) is 0 Å². The van der Waals surface area contributed by atoms with Crippen molar-refractivity contribution >= 4 is 35.0 Å². The van der Waals surface area contributed by atoms with Gasteiger partial charge in [0.2, 0.25) is 11.8 Å². The smallest absolute Gasteiger partial charge is 0.243 e. The number of carbonyl (C=O) groups excluding carboxylic acids is 2. The Kier molecular flexibility index (Phi) is 11.5. The highest BCUT2D eigenvalue weighted by Gasteiger charge is 2.31. The summed E-state index contributed by atoms with van der Waals surface area (Å²) < 4.78 is 10.7. The van der Waals surface area contributed by atoms with Gasteiger partial charge in [0, 0.05) is 35.5 Å². The minimum absolute atomic E-state index is 0.0291. The van der Waals surface area contributed by atoms with Crippen molar-refractivity contribution < 1.29 is 19.1 Å². The van der Waals surface area contributed by atoms with Gasteiger partial charge in [-0.1, -0.05) is 72.6 Å². The molecule has 3 rings (SSSR count). The number of nitrogens with zero attached hydrogens (tertiary/aromatic N) is 1. The van der Waals surface area contributed by atoms with Crippen LogP contribution in [0.5, 0.6) is 11.5 Å². The molecule has 0 saturated heterocycles.